The number of rotatable bonds is 4. The summed E-state index contributed by atoms with van der Waals surface area (Å²) in [5.74, 6) is 0.627. The number of nitrogens with zero attached hydrogens (tertiary/aromatic N) is 2. The Kier molecular flexibility index (Phi) is 5.86. The van der Waals surface area contributed by atoms with Gasteiger partial charge in [0.05, 0.1) is 11.1 Å². The molecule has 3 nitrogen and oxygen atoms in total. The van der Waals surface area contributed by atoms with E-state index in [1.54, 1.807) is 15.9 Å². The number of fused-ring (bicyclic) bond motifs is 3. The minimum Gasteiger partial charge on any atom is -0.268 e. The van der Waals surface area contributed by atoms with Crippen LogP contribution in [0.25, 0.3) is 15.9 Å². The lowest BCUT2D eigenvalue weighted by Crippen LogP contribution is -2.22. The van der Waals surface area contributed by atoms with Crippen LogP contribution in [0, 0.1) is 6.92 Å². The molecule has 0 N–H and O–H groups in total. The van der Waals surface area contributed by atoms with Gasteiger partial charge in [0.1, 0.15) is 4.83 Å². The maximum atomic E-state index is 13.8. The van der Waals surface area contributed by atoms with E-state index in [-0.39, 0.29) is 5.56 Å². The van der Waals surface area contributed by atoms with E-state index >= 15 is 0 Å². The van der Waals surface area contributed by atoms with Crippen molar-refractivity contribution in [1.29, 1.82) is 0 Å². The molecule has 0 unspecified atom stereocenters. The fourth-order valence-electron chi connectivity index (χ4n) is 3.99. The Hall–Kier alpha value is -1.79. The van der Waals surface area contributed by atoms with Gasteiger partial charge in [0.15, 0.2) is 5.16 Å². The molecular formula is C24H20Cl2N2OS2. The first kappa shape index (κ1) is 21.1. The number of hydrogen-bond donors (Lipinski definition) is 0. The number of hydrogen-bond acceptors (Lipinski definition) is 4. The SMILES string of the molecule is Cc1ccc(-n2c(SCc3ccccc3Cl)nc3sc4c(c3c2=O)CCCC4)cc1Cl. The van der Waals surface area contributed by atoms with Crippen molar-refractivity contribution >= 4 is 56.5 Å². The zero-order chi connectivity index (χ0) is 21.5. The topological polar surface area (TPSA) is 34.9 Å². The van der Waals surface area contributed by atoms with Crippen LogP contribution < -0.4 is 5.56 Å². The van der Waals surface area contributed by atoms with Crippen LogP contribution in [-0.2, 0) is 18.6 Å². The molecule has 0 radical (unpaired) electrons. The van der Waals surface area contributed by atoms with Crippen molar-refractivity contribution in [2.45, 2.75) is 43.5 Å². The molecule has 4 aromatic rings. The molecule has 31 heavy (non-hydrogen) atoms. The second-order valence-electron chi connectivity index (χ2n) is 7.74. The molecule has 2 aromatic heterocycles. The van der Waals surface area contributed by atoms with Crippen LogP contribution in [0.1, 0.15) is 34.4 Å². The maximum Gasteiger partial charge on any atom is 0.267 e. The van der Waals surface area contributed by atoms with Gasteiger partial charge in [-0.25, -0.2) is 4.98 Å². The number of aromatic nitrogens is 2. The second kappa shape index (κ2) is 8.62. The van der Waals surface area contributed by atoms with Crippen molar-refractivity contribution in [2.24, 2.45) is 0 Å². The number of halogens is 2. The molecule has 0 bridgehead atoms. The van der Waals surface area contributed by atoms with Crippen LogP contribution in [-0.4, -0.2) is 9.55 Å². The van der Waals surface area contributed by atoms with Gasteiger partial charge in [-0.2, -0.15) is 0 Å². The van der Waals surface area contributed by atoms with E-state index in [1.165, 1.54) is 28.6 Å². The van der Waals surface area contributed by atoms with E-state index in [2.05, 4.69) is 0 Å². The summed E-state index contributed by atoms with van der Waals surface area (Å²) in [7, 11) is 0. The Morgan fingerprint density at radius 3 is 2.71 bits per heavy atom. The summed E-state index contributed by atoms with van der Waals surface area (Å²) in [5, 5.41) is 2.79. The molecule has 0 amide bonds. The number of benzene rings is 2. The first-order chi connectivity index (χ1) is 15.0. The lowest BCUT2D eigenvalue weighted by atomic mass is 9.97. The first-order valence-electron chi connectivity index (χ1n) is 10.2. The predicted octanol–water partition coefficient (Wildman–Crippen LogP) is 7.23. The zero-order valence-corrected chi connectivity index (χ0v) is 20.1. The fourth-order valence-corrected chi connectivity index (χ4v) is 6.77. The van der Waals surface area contributed by atoms with Crippen LogP contribution >= 0.6 is 46.3 Å². The first-order valence-corrected chi connectivity index (χ1v) is 12.8. The summed E-state index contributed by atoms with van der Waals surface area (Å²) >= 11 is 16.0. The predicted molar refractivity (Wildman–Crippen MR) is 133 cm³/mol. The third kappa shape index (κ3) is 3.93. The van der Waals surface area contributed by atoms with Crippen molar-refractivity contribution in [3.05, 3.63) is 84.4 Å². The van der Waals surface area contributed by atoms with E-state index in [9.17, 15) is 4.79 Å². The minimum absolute atomic E-state index is 0.00835. The highest BCUT2D eigenvalue weighted by Crippen LogP contribution is 2.36. The number of aryl methyl sites for hydroxylation is 3. The third-order valence-corrected chi connectivity index (χ3v) is 8.64. The van der Waals surface area contributed by atoms with Crippen molar-refractivity contribution < 1.29 is 0 Å². The summed E-state index contributed by atoms with van der Waals surface area (Å²) in [6, 6.07) is 13.5. The Morgan fingerprint density at radius 1 is 1.10 bits per heavy atom. The zero-order valence-electron chi connectivity index (χ0n) is 17.0. The van der Waals surface area contributed by atoms with Gasteiger partial charge in [0.25, 0.3) is 5.56 Å². The van der Waals surface area contributed by atoms with Crippen molar-refractivity contribution in [3.63, 3.8) is 0 Å². The maximum absolute atomic E-state index is 13.8. The molecule has 2 aromatic carbocycles. The van der Waals surface area contributed by atoms with E-state index < -0.39 is 0 Å². The highest BCUT2D eigenvalue weighted by Gasteiger charge is 2.23. The molecule has 1 aliphatic carbocycles. The molecule has 0 fully saturated rings. The standard InChI is InChI=1S/C24H20Cl2N2OS2/c1-14-10-11-16(12-19(14)26)28-23(29)21-17-7-3-5-9-20(17)31-22(21)27-24(28)30-13-15-6-2-4-8-18(15)25/h2,4,6,8,10-12H,3,5,7,9,13H2,1H3. The van der Waals surface area contributed by atoms with Crippen molar-refractivity contribution in [3.8, 4) is 5.69 Å². The van der Waals surface area contributed by atoms with Gasteiger partial charge < -0.3 is 0 Å². The second-order valence-corrected chi connectivity index (χ2v) is 10.6. The minimum atomic E-state index is -0.00835. The van der Waals surface area contributed by atoms with Crippen molar-refractivity contribution in [2.75, 3.05) is 0 Å². The monoisotopic (exact) mass is 486 g/mol. The van der Waals surface area contributed by atoms with E-state index in [1.807, 2.05) is 49.4 Å². The van der Waals surface area contributed by atoms with Gasteiger partial charge >= 0.3 is 0 Å². The summed E-state index contributed by atoms with van der Waals surface area (Å²) in [4.78, 5) is 20.9. The average Bonchev–Trinajstić information content (AvgIpc) is 3.14. The summed E-state index contributed by atoms with van der Waals surface area (Å²) in [6.45, 7) is 1.96. The summed E-state index contributed by atoms with van der Waals surface area (Å²) in [6.07, 6.45) is 4.29. The van der Waals surface area contributed by atoms with E-state index in [0.29, 0.717) is 15.9 Å². The molecule has 158 valence electrons. The molecule has 0 atom stereocenters. The summed E-state index contributed by atoms with van der Waals surface area (Å²) < 4.78 is 1.72. The van der Waals surface area contributed by atoms with Gasteiger partial charge in [-0.1, -0.05) is 59.2 Å². The van der Waals surface area contributed by atoms with Crippen LogP contribution in [0.2, 0.25) is 10.0 Å². The normalized spacial score (nSPS) is 13.5. The van der Waals surface area contributed by atoms with Gasteiger partial charge in [-0.3, -0.25) is 9.36 Å². The lowest BCUT2D eigenvalue weighted by Gasteiger charge is -2.14. The summed E-state index contributed by atoms with van der Waals surface area (Å²) in [5.41, 5.74) is 3.92. The Balaban J connectivity index is 1.69. The van der Waals surface area contributed by atoms with Gasteiger partial charge in [-0.15, -0.1) is 11.3 Å². The number of thioether (sulfide) groups is 1. The molecule has 0 spiro atoms. The Bertz CT molecular complexity index is 1360. The molecule has 1 aliphatic rings. The largest absolute Gasteiger partial charge is 0.268 e. The highest BCUT2D eigenvalue weighted by molar-refractivity contribution is 7.98. The number of thiophene rings is 1. The van der Waals surface area contributed by atoms with Crippen molar-refractivity contribution in [1.82, 2.24) is 9.55 Å². The molecule has 0 aliphatic heterocycles. The smallest absolute Gasteiger partial charge is 0.267 e. The molecule has 0 saturated carbocycles. The van der Waals surface area contributed by atoms with E-state index in [0.717, 1.165) is 51.3 Å². The highest BCUT2D eigenvalue weighted by atomic mass is 35.5. The molecule has 2 heterocycles. The lowest BCUT2D eigenvalue weighted by molar-refractivity contribution is 0.699. The van der Waals surface area contributed by atoms with Crippen LogP contribution in [0.15, 0.2) is 52.4 Å². The molecular weight excluding hydrogens is 467 g/mol. The quantitative estimate of drug-likeness (QED) is 0.225. The molecule has 5 rings (SSSR count). The fraction of sp³-hybridized carbons (Fsp3) is 0.250. The molecule has 7 heteroatoms. The van der Waals surface area contributed by atoms with Crippen LogP contribution in [0.5, 0.6) is 0 Å². The Labute approximate surface area is 199 Å². The van der Waals surface area contributed by atoms with Gasteiger partial charge in [-0.05, 0) is 67.5 Å². The molecule has 0 saturated heterocycles. The third-order valence-electron chi connectivity index (χ3n) is 5.69. The van der Waals surface area contributed by atoms with Gasteiger partial charge in [0.2, 0.25) is 0 Å². The van der Waals surface area contributed by atoms with Crippen LogP contribution in [0.3, 0.4) is 0 Å². The Morgan fingerprint density at radius 2 is 1.90 bits per heavy atom. The average molecular weight is 487 g/mol. The van der Waals surface area contributed by atoms with E-state index in [4.69, 9.17) is 28.2 Å². The van der Waals surface area contributed by atoms with Gasteiger partial charge in [0, 0.05) is 20.7 Å². The van der Waals surface area contributed by atoms with Crippen LogP contribution in [0.4, 0.5) is 0 Å².